The Hall–Kier alpha value is -0.710. The van der Waals surface area contributed by atoms with E-state index in [-0.39, 0.29) is 0 Å². The molecule has 1 saturated heterocycles. The largest absolute Gasteiger partial charge is 0.316 e. The average molecular weight is 255 g/mol. The monoisotopic (exact) mass is 254 g/mol. The van der Waals surface area contributed by atoms with Gasteiger partial charge in [-0.05, 0) is 51.0 Å². The molecule has 1 aliphatic rings. The summed E-state index contributed by atoms with van der Waals surface area (Å²) >= 11 is 5.71. The topological polar surface area (TPSA) is 41.1 Å². The number of hydrogen-bond donors (Lipinski definition) is 1. The van der Waals surface area contributed by atoms with E-state index in [1.807, 2.05) is 6.07 Å². The Kier molecular flexibility index (Phi) is 4.71. The van der Waals surface area contributed by atoms with Crippen LogP contribution >= 0.6 is 11.6 Å². The van der Waals surface area contributed by atoms with Gasteiger partial charge < -0.3 is 10.2 Å². The quantitative estimate of drug-likeness (QED) is 0.886. The fraction of sp³-hybridized carbons (Fsp3) is 0.667. The van der Waals surface area contributed by atoms with Crippen molar-refractivity contribution < 1.29 is 0 Å². The fourth-order valence-electron chi connectivity index (χ4n) is 2.29. The lowest BCUT2D eigenvalue weighted by Crippen LogP contribution is -2.36. The van der Waals surface area contributed by atoms with Crippen molar-refractivity contribution in [2.75, 3.05) is 26.7 Å². The Labute approximate surface area is 107 Å². The average Bonchev–Trinajstić information content (AvgIpc) is 2.33. The highest BCUT2D eigenvalue weighted by molar-refractivity contribution is 6.29. The lowest BCUT2D eigenvalue weighted by Gasteiger charge is -2.27. The standard InChI is InChI=1S/C12H19ClN4/c1-17(8-10-3-2-6-14-7-10)9-11-4-5-12(13)16-15-11/h4-5,10,14H,2-3,6-9H2,1H3/t10-/m1/s1. The molecule has 0 unspecified atom stereocenters. The molecule has 2 heterocycles. The second kappa shape index (κ2) is 6.28. The lowest BCUT2D eigenvalue weighted by molar-refractivity contribution is 0.235. The molecule has 1 atom stereocenters. The Balaban J connectivity index is 1.79. The van der Waals surface area contributed by atoms with Crippen molar-refractivity contribution in [3.8, 4) is 0 Å². The van der Waals surface area contributed by atoms with Gasteiger partial charge in [0, 0.05) is 13.1 Å². The SMILES string of the molecule is CN(Cc1ccc(Cl)nn1)C[C@@H]1CCCNC1. The second-order valence-corrected chi connectivity index (χ2v) is 5.14. The molecule has 94 valence electrons. The number of piperidine rings is 1. The van der Waals surface area contributed by atoms with E-state index in [4.69, 9.17) is 11.6 Å². The van der Waals surface area contributed by atoms with Crippen LogP contribution in [0.25, 0.3) is 0 Å². The zero-order valence-corrected chi connectivity index (χ0v) is 11.0. The van der Waals surface area contributed by atoms with Crippen LogP contribution in [-0.2, 0) is 6.54 Å². The molecule has 0 bridgehead atoms. The van der Waals surface area contributed by atoms with E-state index in [0.29, 0.717) is 5.15 Å². The highest BCUT2D eigenvalue weighted by Crippen LogP contribution is 2.12. The third-order valence-corrected chi connectivity index (χ3v) is 3.29. The van der Waals surface area contributed by atoms with Crippen molar-refractivity contribution in [2.24, 2.45) is 5.92 Å². The van der Waals surface area contributed by atoms with Crippen LogP contribution in [0.15, 0.2) is 12.1 Å². The Bertz CT molecular complexity index is 335. The zero-order chi connectivity index (χ0) is 12.1. The molecule has 1 fully saturated rings. The molecule has 1 aromatic rings. The molecule has 17 heavy (non-hydrogen) atoms. The van der Waals surface area contributed by atoms with Crippen molar-refractivity contribution in [1.29, 1.82) is 0 Å². The van der Waals surface area contributed by atoms with Gasteiger partial charge in [0.1, 0.15) is 0 Å². The molecule has 0 amide bonds. The van der Waals surface area contributed by atoms with Gasteiger partial charge in [-0.2, -0.15) is 5.10 Å². The van der Waals surface area contributed by atoms with Crippen molar-refractivity contribution >= 4 is 11.6 Å². The van der Waals surface area contributed by atoms with Crippen LogP contribution in [0.3, 0.4) is 0 Å². The lowest BCUT2D eigenvalue weighted by atomic mass is 9.99. The molecule has 2 rings (SSSR count). The first-order valence-corrected chi connectivity index (χ1v) is 6.49. The van der Waals surface area contributed by atoms with Crippen molar-refractivity contribution in [3.05, 3.63) is 23.0 Å². The molecular formula is C12H19ClN4. The molecule has 5 heteroatoms. The van der Waals surface area contributed by atoms with Gasteiger partial charge >= 0.3 is 0 Å². The Morgan fingerprint density at radius 1 is 1.47 bits per heavy atom. The first kappa shape index (κ1) is 12.7. The van der Waals surface area contributed by atoms with Crippen LogP contribution in [0.2, 0.25) is 5.15 Å². The number of nitrogens with one attached hydrogen (secondary N) is 1. The van der Waals surface area contributed by atoms with Gasteiger partial charge in [-0.1, -0.05) is 11.6 Å². The van der Waals surface area contributed by atoms with E-state index in [9.17, 15) is 0 Å². The maximum absolute atomic E-state index is 5.71. The van der Waals surface area contributed by atoms with Gasteiger partial charge in [0.05, 0.1) is 5.69 Å². The van der Waals surface area contributed by atoms with Crippen molar-refractivity contribution in [2.45, 2.75) is 19.4 Å². The van der Waals surface area contributed by atoms with Crippen molar-refractivity contribution in [1.82, 2.24) is 20.4 Å². The van der Waals surface area contributed by atoms with E-state index in [1.54, 1.807) is 6.07 Å². The summed E-state index contributed by atoms with van der Waals surface area (Å²) in [5, 5.41) is 11.8. The van der Waals surface area contributed by atoms with E-state index in [1.165, 1.54) is 19.4 Å². The number of rotatable bonds is 4. The maximum atomic E-state index is 5.71. The molecule has 0 aliphatic carbocycles. The molecule has 0 aromatic carbocycles. The summed E-state index contributed by atoms with van der Waals surface area (Å²) in [6.45, 7) is 4.25. The molecule has 1 N–H and O–H groups in total. The number of hydrogen-bond acceptors (Lipinski definition) is 4. The van der Waals surface area contributed by atoms with Gasteiger partial charge in [-0.15, -0.1) is 5.10 Å². The number of aromatic nitrogens is 2. The first-order valence-electron chi connectivity index (χ1n) is 6.11. The van der Waals surface area contributed by atoms with E-state index >= 15 is 0 Å². The summed E-state index contributed by atoms with van der Waals surface area (Å²) < 4.78 is 0. The summed E-state index contributed by atoms with van der Waals surface area (Å²) in [6.07, 6.45) is 2.61. The molecule has 4 nitrogen and oxygen atoms in total. The molecule has 0 radical (unpaired) electrons. The van der Waals surface area contributed by atoms with E-state index in [2.05, 4.69) is 27.5 Å². The van der Waals surface area contributed by atoms with E-state index in [0.717, 1.165) is 31.2 Å². The van der Waals surface area contributed by atoms with Gasteiger partial charge in [-0.3, -0.25) is 0 Å². The van der Waals surface area contributed by atoms with Crippen LogP contribution in [0.4, 0.5) is 0 Å². The van der Waals surface area contributed by atoms with Gasteiger partial charge in [0.2, 0.25) is 0 Å². The molecule has 1 aliphatic heterocycles. The minimum absolute atomic E-state index is 0.452. The predicted molar refractivity (Wildman–Crippen MR) is 69.0 cm³/mol. The highest BCUT2D eigenvalue weighted by atomic mass is 35.5. The van der Waals surface area contributed by atoms with Crippen molar-refractivity contribution in [3.63, 3.8) is 0 Å². The normalized spacial score (nSPS) is 20.8. The summed E-state index contributed by atoms with van der Waals surface area (Å²) in [5.41, 5.74) is 0.973. The molecule has 1 aromatic heterocycles. The van der Waals surface area contributed by atoms with Crippen LogP contribution in [0.5, 0.6) is 0 Å². The smallest absolute Gasteiger partial charge is 0.151 e. The minimum atomic E-state index is 0.452. The van der Waals surface area contributed by atoms with E-state index < -0.39 is 0 Å². The number of halogens is 1. The summed E-state index contributed by atoms with van der Waals surface area (Å²) in [4.78, 5) is 2.30. The second-order valence-electron chi connectivity index (χ2n) is 4.76. The van der Waals surface area contributed by atoms with Gasteiger partial charge in [-0.25, -0.2) is 0 Å². The fourth-order valence-corrected chi connectivity index (χ4v) is 2.39. The maximum Gasteiger partial charge on any atom is 0.151 e. The number of nitrogens with zero attached hydrogens (tertiary/aromatic N) is 3. The van der Waals surface area contributed by atoms with Crippen LogP contribution in [0.1, 0.15) is 18.5 Å². The zero-order valence-electron chi connectivity index (χ0n) is 10.2. The summed E-state index contributed by atoms with van der Waals surface area (Å²) in [6, 6.07) is 3.73. The first-order chi connectivity index (χ1) is 8.24. The molecule has 0 saturated carbocycles. The summed E-state index contributed by atoms with van der Waals surface area (Å²) in [5.74, 6) is 0.758. The molecular weight excluding hydrogens is 236 g/mol. The van der Waals surface area contributed by atoms with Gasteiger partial charge in [0.25, 0.3) is 0 Å². The van der Waals surface area contributed by atoms with Crippen LogP contribution < -0.4 is 5.32 Å². The van der Waals surface area contributed by atoms with Gasteiger partial charge in [0.15, 0.2) is 5.15 Å². The minimum Gasteiger partial charge on any atom is -0.316 e. The molecule has 0 spiro atoms. The Morgan fingerprint density at radius 2 is 2.35 bits per heavy atom. The third-order valence-electron chi connectivity index (χ3n) is 3.09. The highest BCUT2D eigenvalue weighted by Gasteiger charge is 2.15. The summed E-state index contributed by atoms with van der Waals surface area (Å²) in [7, 11) is 2.13. The van der Waals surface area contributed by atoms with Crippen LogP contribution in [0, 0.1) is 5.92 Å². The van der Waals surface area contributed by atoms with Crippen LogP contribution in [-0.4, -0.2) is 41.8 Å². The predicted octanol–water partition coefficient (Wildman–Crippen LogP) is 1.56. The third kappa shape index (κ3) is 4.22. The Morgan fingerprint density at radius 3 is 3.00 bits per heavy atom.